The molecule has 0 unspecified atom stereocenters. The average Bonchev–Trinajstić information content (AvgIpc) is 2.44. The fraction of sp³-hybridized carbons (Fsp3) is 0.250. The number of nitrogens with one attached hydrogen (secondary N) is 1. The van der Waals surface area contributed by atoms with E-state index < -0.39 is 0 Å². The van der Waals surface area contributed by atoms with Crippen LogP contribution in [0.15, 0.2) is 42.5 Å². The highest BCUT2D eigenvalue weighted by molar-refractivity contribution is 6.35. The molecule has 0 spiro atoms. The third-order valence-corrected chi connectivity index (χ3v) is 3.83. The van der Waals surface area contributed by atoms with E-state index in [4.69, 9.17) is 39.5 Å². The lowest BCUT2D eigenvalue weighted by Crippen LogP contribution is -2.28. The van der Waals surface area contributed by atoms with Crippen LogP contribution < -0.4 is 10.1 Å². The van der Waals surface area contributed by atoms with Gasteiger partial charge in [0.2, 0.25) is 0 Å². The van der Waals surface area contributed by atoms with Crippen molar-refractivity contribution in [2.24, 2.45) is 0 Å². The minimum atomic E-state index is -0.0221. The van der Waals surface area contributed by atoms with Crippen LogP contribution in [0.5, 0.6) is 5.75 Å². The highest BCUT2D eigenvalue weighted by Crippen LogP contribution is 2.28. The second kappa shape index (κ2) is 7.90. The zero-order chi connectivity index (χ0) is 15.2. The summed E-state index contributed by atoms with van der Waals surface area (Å²) in [5, 5.41) is 5.19. The molecule has 1 atom stereocenters. The van der Waals surface area contributed by atoms with Crippen LogP contribution in [0.1, 0.15) is 12.5 Å². The van der Waals surface area contributed by atoms with E-state index in [1.54, 1.807) is 18.2 Å². The summed E-state index contributed by atoms with van der Waals surface area (Å²) < 4.78 is 5.78. The van der Waals surface area contributed by atoms with Crippen LogP contribution in [-0.4, -0.2) is 12.6 Å². The maximum atomic E-state index is 6.10. The van der Waals surface area contributed by atoms with Gasteiger partial charge in [-0.3, -0.25) is 0 Å². The van der Waals surface area contributed by atoms with E-state index in [-0.39, 0.29) is 6.10 Å². The van der Waals surface area contributed by atoms with Gasteiger partial charge in [-0.2, -0.15) is 0 Å². The largest absolute Gasteiger partial charge is 0.488 e. The summed E-state index contributed by atoms with van der Waals surface area (Å²) in [5.41, 5.74) is 1.07. The number of benzene rings is 2. The lowest BCUT2D eigenvalue weighted by Gasteiger charge is -2.16. The monoisotopic (exact) mass is 343 g/mol. The predicted octanol–water partition coefficient (Wildman–Crippen LogP) is 5.20. The van der Waals surface area contributed by atoms with E-state index >= 15 is 0 Å². The Kier molecular flexibility index (Phi) is 6.19. The number of halogens is 3. The van der Waals surface area contributed by atoms with E-state index in [2.05, 4.69) is 5.32 Å². The molecule has 0 bridgehead atoms. The van der Waals surface area contributed by atoms with E-state index in [1.807, 2.05) is 31.2 Å². The smallest absolute Gasteiger partial charge is 0.138 e. The number of hydrogen-bond donors (Lipinski definition) is 1. The molecule has 1 N–H and O–H groups in total. The Morgan fingerprint density at radius 3 is 2.52 bits per heavy atom. The summed E-state index contributed by atoms with van der Waals surface area (Å²) in [4.78, 5) is 0. The molecule has 21 heavy (non-hydrogen) atoms. The van der Waals surface area contributed by atoms with Crippen LogP contribution in [0.4, 0.5) is 0 Å². The first kappa shape index (κ1) is 16.4. The van der Waals surface area contributed by atoms with Crippen LogP contribution in [0.3, 0.4) is 0 Å². The number of ether oxygens (including phenoxy) is 1. The lowest BCUT2D eigenvalue weighted by atomic mass is 10.2. The van der Waals surface area contributed by atoms with Crippen molar-refractivity contribution in [2.75, 3.05) is 6.54 Å². The van der Waals surface area contributed by atoms with Gasteiger partial charge in [0.1, 0.15) is 11.9 Å². The second-order valence-electron chi connectivity index (χ2n) is 4.73. The first-order valence-corrected chi connectivity index (χ1v) is 7.75. The van der Waals surface area contributed by atoms with E-state index in [9.17, 15) is 0 Å². The molecule has 0 saturated heterocycles. The Bertz CT molecular complexity index is 604. The molecule has 2 nitrogen and oxygen atoms in total. The Morgan fingerprint density at radius 2 is 1.81 bits per heavy atom. The van der Waals surface area contributed by atoms with Gasteiger partial charge in [-0.05, 0) is 36.8 Å². The summed E-state index contributed by atoms with van der Waals surface area (Å²) in [7, 11) is 0. The van der Waals surface area contributed by atoms with Crippen molar-refractivity contribution in [3.8, 4) is 5.75 Å². The fourth-order valence-electron chi connectivity index (χ4n) is 1.88. The summed E-state index contributed by atoms with van der Waals surface area (Å²) in [6.07, 6.45) is -0.0221. The molecule has 0 aromatic heterocycles. The van der Waals surface area contributed by atoms with Gasteiger partial charge in [0, 0.05) is 23.1 Å². The van der Waals surface area contributed by atoms with E-state index in [1.165, 1.54) is 0 Å². The Labute approximate surface area is 140 Å². The van der Waals surface area contributed by atoms with Gasteiger partial charge in [0.15, 0.2) is 0 Å². The molecule has 0 fully saturated rings. The topological polar surface area (TPSA) is 21.3 Å². The van der Waals surface area contributed by atoms with Gasteiger partial charge in [-0.1, -0.05) is 53.0 Å². The zero-order valence-electron chi connectivity index (χ0n) is 11.6. The predicted molar refractivity (Wildman–Crippen MR) is 89.7 cm³/mol. The third-order valence-electron chi connectivity index (χ3n) is 2.93. The van der Waals surface area contributed by atoms with Crippen LogP contribution >= 0.6 is 34.8 Å². The minimum Gasteiger partial charge on any atom is -0.488 e. The normalized spacial score (nSPS) is 12.2. The highest BCUT2D eigenvalue weighted by atomic mass is 35.5. The van der Waals surface area contributed by atoms with Crippen molar-refractivity contribution < 1.29 is 4.74 Å². The molecule has 2 rings (SSSR count). The molecular formula is C16H16Cl3NO. The highest BCUT2D eigenvalue weighted by Gasteiger charge is 2.08. The summed E-state index contributed by atoms with van der Waals surface area (Å²) in [6.45, 7) is 3.36. The summed E-state index contributed by atoms with van der Waals surface area (Å²) in [5.74, 6) is 0.633. The Morgan fingerprint density at radius 1 is 1.05 bits per heavy atom. The Balaban J connectivity index is 1.82. The molecule has 5 heteroatoms. The first-order valence-electron chi connectivity index (χ1n) is 6.62. The van der Waals surface area contributed by atoms with Crippen LogP contribution in [0, 0.1) is 0 Å². The van der Waals surface area contributed by atoms with Crippen molar-refractivity contribution in [1.29, 1.82) is 0 Å². The van der Waals surface area contributed by atoms with Crippen molar-refractivity contribution >= 4 is 34.8 Å². The van der Waals surface area contributed by atoms with E-state index in [0.29, 0.717) is 28.9 Å². The SMILES string of the molecule is C[C@@H](CNCc1ccccc1Cl)Oc1ccc(Cl)cc1Cl. The molecule has 0 radical (unpaired) electrons. The standard InChI is InChI=1S/C16H16Cl3NO/c1-11(21-16-7-6-13(17)8-15(16)19)9-20-10-12-4-2-3-5-14(12)18/h2-8,11,20H,9-10H2,1H3/t11-/m0/s1. The molecule has 112 valence electrons. The van der Waals surface area contributed by atoms with Crippen LogP contribution in [-0.2, 0) is 6.54 Å². The maximum Gasteiger partial charge on any atom is 0.138 e. The molecule has 0 aliphatic rings. The second-order valence-corrected chi connectivity index (χ2v) is 5.98. The van der Waals surface area contributed by atoms with Crippen LogP contribution in [0.2, 0.25) is 15.1 Å². The maximum absolute atomic E-state index is 6.10. The average molecular weight is 345 g/mol. The van der Waals surface area contributed by atoms with Crippen molar-refractivity contribution in [3.05, 3.63) is 63.1 Å². The molecule has 0 aliphatic carbocycles. The third kappa shape index (κ3) is 5.08. The molecule has 0 saturated carbocycles. The summed E-state index contributed by atoms with van der Waals surface area (Å²) in [6, 6.07) is 13.0. The van der Waals surface area contributed by atoms with Crippen LogP contribution in [0.25, 0.3) is 0 Å². The minimum absolute atomic E-state index is 0.0221. The van der Waals surface area contributed by atoms with Crippen molar-refractivity contribution in [1.82, 2.24) is 5.32 Å². The van der Waals surface area contributed by atoms with Crippen molar-refractivity contribution in [2.45, 2.75) is 19.6 Å². The lowest BCUT2D eigenvalue weighted by molar-refractivity contribution is 0.217. The van der Waals surface area contributed by atoms with Gasteiger partial charge in [-0.15, -0.1) is 0 Å². The van der Waals surface area contributed by atoms with Gasteiger partial charge in [-0.25, -0.2) is 0 Å². The quantitative estimate of drug-likeness (QED) is 0.777. The Hall–Kier alpha value is -0.930. The number of hydrogen-bond acceptors (Lipinski definition) is 2. The van der Waals surface area contributed by atoms with Gasteiger partial charge >= 0.3 is 0 Å². The molecular weight excluding hydrogens is 329 g/mol. The zero-order valence-corrected chi connectivity index (χ0v) is 13.8. The van der Waals surface area contributed by atoms with E-state index in [0.717, 1.165) is 10.6 Å². The van der Waals surface area contributed by atoms with Crippen molar-refractivity contribution in [3.63, 3.8) is 0 Å². The van der Waals surface area contributed by atoms with Gasteiger partial charge in [0.05, 0.1) is 5.02 Å². The van der Waals surface area contributed by atoms with Gasteiger partial charge < -0.3 is 10.1 Å². The molecule has 2 aromatic carbocycles. The fourth-order valence-corrected chi connectivity index (χ4v) is 2.54. The molecule has 0 amide bonds. The molecule has 2 aromatic rings. The molecule has 0 heterocycles. The molecule has 0 aliphatic heterocycles. The number of rotatable bonds is 6. The summed E-state index contributed by atoms with van der Waals surface area (Å²) >= 11 is 18.0. The van der Waals surface area contributed by atoms with Gasteiger partial charge in [0.25, 0.3) is 0 Å². The first-order chi connectivity index (χ1) is 10.1.